The molecule has 1 fully saturated rings. The molecule has 1 rings (SSSR count). The third kappa shape index (κ3) is 5.36. The Morgan fingerprint density at radius 1 is 1.50 bits per heavy atom. The third-order valence-corrected chi connectivity index (χ3v) is 3.79. The van der Waals surface area contributed by atoms with Crippen LogP contribution in [0.3, 0.4) is 0 Å². The quantitative estimate of drug-likeness (QED) is 0.619. The first-order chi connectivity index (χ1) is 8.48. The normalized spacial score (nSPS) is 18.9. The summed E-state index contributed by atoms with van der Waals surface area (Å²) in [6.45, 7) is 7.11. The Morgan fingerprint density at radius 2 is 2.17 bits per heavy atom. The zero-order valence-corrected chi connectivity index (χ0v) is 12.2. The summed E-state index contributed by atoms with van der Waals surface area (Å²) in [5.74, 6) is 0.691. The van der Waals surface area contributed by atoms with Gasteiger partial charge in [0, 0.05) is 6.54 Å². The van der Waals surface area contributed by atoms with E-state index in [0.717, 1.165) is 38.3 Å². The van der Waals surface area contributed by atoms with Gasteiger partial charge in [0.15, 0.2) is 0 Å². The Labute approximate surface area is 111 Å². The minimum atomic E-state index is -0.545. The monoisotopic (exact) mass is 255 g/mol. The molecular weight excluding hydrogens is 226 g/mol. The van der Waals surface area contributed by atoms with Crippen molar-refractivity contribution in [3.8, 4) is 0 Å². The van der Waals surface area contributed by atoms with Gasteiger partial charge in [-0.3, -0.25) is 4.79 Å². The van der Waals surface area contributed by atoms with E-state index in [2.05, 4.69) is 24.2 Å². The molecule has 1 aliphatic carbocycles. The highest BCUT2D eigenvalue weighted by molar-refractivity contribution is 5.84. The molecule has 1 atom stereocenters. The number of carbonyl (C=O) groups excluding carboxylic acids is 1. The van der Waals surface area contributed by atoms with Crippen LogP contribution < -0.4 is 11.1 Å². The van der Waals surface area contributed by atoms with Gasteiger partial charge in [-0.1, -0.05) is 6.92 Å². The van der Waals surface area contributed by atoms with E-state index < -0.39 is 5.54 Å². The van der Waals surface area contributed by atoms with Crippen molar-refractivity contribution in [2.75, 3.05) is 26.7 Å². The average Bonchev–Trinajstić information content (AvgIpc) is 3.10. The first-order valence-corrected chi connectivity index (χ1v) is 7.21. The smallest absolute Gasteiger partial charge is 0.237 e. The molecule has 0 heterocycles. The largest absolute Gasteiger partial charge is 0.368 e. The van der Waals surface area contributed by atoms with Crippen LogP contribution in [0.2, 0.25) is 0 Å². The van der Waals surface area contributed by atoms with E-state index in [-0.39, 0.29) is 5.91 Å². The second-order valence-electron chi connectivity index (χ2n) is 5.93. The van der Waals surface area contributed by atoms with E-state index in [4.69, 9.17) is 5.73 Å². The first kappa shape index (κ1) is 15.4. The lowest BCUT2D eigenvalue weighted by molar-refractivity contribution is -0.124. The zero-order valence-electron chi connectivity index (χ0n) is 12.2. The highest BCUT2D eigenvalue weighted by atomic mass is 16.1. The molecule has 18 heavy (non-hydrogen) atoms. The Balaban J connectivity index is 2.25. The topological polar surface area (TPSA) is 58.4 Å². The number of hydrogen-bond acceptors (Lipinski definition) is 3. The third-order valence-electron chi connectivity index (χ3n) is 3.79. The van der Waals surface area contributed by atoms with E-state index in [0.29, 0.717) is 0 Å². The van der Waals surface area contributed by atoms with Gasteiger partial charge in [0.25, 0.3) is 0 Å². The SMILES string of the molecule is CCCNC(C)(CCCN(C)CC1CC1)C(N)=O. The molecule has 0 bridgehead atoms. The lowest BCUT2D eigenvalue weighted by atomic mass is 9.94. The van der Waals surface area contributed by atoms with Crippen LogP contribution in [0, 0.1) is 5.92 Å². The second-order valence-corrected chi connectivity index (χ2v) is 5.93. The molecule has 1 saturated carbocycles. The van der Waals surface area contributed by atoms with Crippen molar-refractivity contribution in [2.45, 2.75) is 51.5 Å². The molecule has 1 amide bonds. The zero-order chi connectivity index (χ0) is 13.6. The fourth-order valence-corrected chi connectivity index (χ4v) is 2.23. The lowest BCUT2D eigenvalue weighted by Crippen LogP contribution is -2.53. The molecule has 0 aromatic rings. The summed E-state index contributed by atoms with van der Waals surface area (Å²) in [7, 11) is 2.17. The molecular formula is C14H29N3O. The molecule has 0 saturated heterocycles. The summed E-state index contributed by atoms with van der Waals surface area (Å²) in [6, 6.07) is 0. The van der Waals surface area contributed by atoms with E-state index in [1.165, 1.54) is 19.4 Å². The number of rotatable bonds is 10. The number of nitrogens with zero attached hydrogens (tertiary/aromatic N) is 1. The fraction of sp³-hybridized carbons (Fsp3) is 0.929. The number of nitrogens with two attached hydrogens (primary N) is 1. The van der Waals surface area contributed by atoms with Crippen molar-refractivity contribution < 1.29 is 4.79 Å². The average molecular weight is 255 g/mol. The van der Waals surface area contributed by atoms with Gasteiger partial charge in [-0.25, -0.2) is 0 Å². The lowest BCUT2D eigenvalue weighted by Gasteiger charge is -2.28. The summed E-state index contributed by atoms with van der Waals surface area (Å²) < 4.78 is 0. The molecule has 0 radical (unpaired) electrons. The van der Waals surface area contributed by atoms with Crippen LogP contribution in [-0.2, 0) is 4.79 Å². The molecule has 1 aliphatic rings. The maximum absolute atomic E-state index is 11.5. The van der Waals surface area contributed by atoms with Crippen LogP contribution >= 0.6 is 0 Å². The number of primary amides is 1. The van der Waals surface area contributed by atoms with Gasteiger partial charge in [-0.05, 0) is 65.1 Å². The molecule has 4 heteroatoms. The predicted octanol–water partition coefficient (Wildman–Crippen LogP) is 1.35. The molecule has 106 valence electrons. The van der Waals surface area contributed by atoms with Crippen molar-refractivity contribution in [1.29, 1.82) is 0 Å². The van der Waals surface area contributed by atoms with Crippen LogP contribution in [0.15, 0.2) is 0 Å². The summed E-state index contributed by atoms with van der Waals surface area (Å²) in [5.41, 5.74) is 4.96. The van der Waals surface area contributed by atoms with E-state index in [1.807, 2.05) is 6.92 Å². The van der Waals surface area contributed by atoms with Gasteiger partial charge >= 0.3 is 0 Å². The van der Waals surface area contributed by atoms with Gasteiger partial charge in [-0.15, -0.1) is 0 Å². The molecule has 3 N–H and O–H groups in total. The van der Waals surface area contributed by atoms with Crippen molar-refractivity contribution in [2.24, 2.45) is 11.7 Å². The molecule has 0 spiro atoms. The Morgan fingerprint density at radius 3 is 2.67 bits per heavy atom. The standard InChI is InChI=1S/C14H29N3O/c1-4-9-16-14(2,13(15)18)8-5-10-17(3)11-12-6-7-12/h12,16H,4-11H2,1-3H3,(H2,15,18). The van der Waals surface area contributed by atoms with Crippen LogP contribution in [-0.4, -0.2) is 43.0 Å². The van der Waals surface area contributed by atoms with Gasteiger partial charge in [0.1, 0.15) is 0 Å². The predicted molar refractivity (Wildman–Crippen MR) is 75.3 cm³/mol. The first-order valence-electron chi connectivity index (χ1n) is 7.21. The van der Waals surface area contributed by atoms with Gasteiger partial charge in [0.05, 0.1) is 5.54 Å². The second kappa shape index (κ2) is 7.10. The van der Waals surface area contributed by atoms with Gasteiger partial charge in [-0.2, -0.15) is 0 Å². The van der Waals surface area contributed by atoms with Crippen LogP contribution in [0.1, 0.15) is 46.0 Å². The maximum atomic E-state index is 11.5. The number of carbonyl (C=O) groups is 1. The Hall–Kier alpha value is -0.610. The molecule has 4 nitrogen and oxygen atoms in total. The highest BCUT2D eigenvalue weighted by Gasteiger charge is 2.29. The minimum Gasteiger partial charge on any atom is -0.368 e. The van der Waals surface area contributed by atoms with Crippen LogP contribution in [0.25, 0.3) is 0 Å². The summed E-state index contributed by atoms with van der Waals surface area (Å²) >= 11 is 0. The molecule has 0 aromatic heterocycles. The summed E-state index contributed by atoms with van der Waals surface area (Å²) in [5, 5.41) is 3.28. The van der Waals surface area contributed by atoms with Crippen LogP contribution in [0.4, 0.5) is 0 Å². The maximum Gasteiger partial charge on any atom is 0.237 e. The fourth-order valence-electron chi connectivity index (χ4n) is 2.23. The van der Waals surface area contributed by atoms with Crippen molar-refractivity contribution in [3.05, 3.63) is 0 Å². The van der Waals surface area contributed by atoms with E-state index in [1.54, 1.807) is 0 Å². The number of hydrogen-bond donors (Lipinski definition) is 2. The molecule has 0 aliphatic heterocycles. The van der Waals surface area contributed by atoms with E-state index >= 15 is 0 Å². The molecule has 1 unspecified atom stereocenters. The van der Waals surface area contributed by atoms with Gasteiger partial charge < -0.3 is 16.0 Å². The van der Waals surface area contributed by atoms with Gasteiger partial charge in [0.2, 0.25) is 5.91 Å². The van der Waals surface area contributed by atoms with Crippen molar-refractivity contribution >= 4 is 5.91 Å². The summed E-state index contributed by atoms with van der Waals surface area (Å²) in [6.07, 6.45) is 5.63. The number of amides is 1. The Bertz CT molecular complexity index is 266. The van der Waals surface area contributed by atoms with Crippen molar-refractivity contribution in [3.63, 3.8) is 0 Å². The highest BCUT2D eigenvalue weighted by Crippen LogP contribution is 2.29. The minimum absolute atomic E-state index is 0.235. The van der Waals surface area contributed by atoms with Crippen LogP contribution in [0.5, 0.6) is 0 Å². The Kier molecular flexibility index (Phi) is 6.09. The molecule has 0 aromatic carbocycles. The van der Waals surface area contributed by atoms with E-state index in [9.17, 15) is 4.79 Å². The number of nitrogens with one attached hydrogen (secondary N) is 1. The summed E-state index contributed by atoms with van der Waals surface area (Å²) in [4.78, 5) is 13.9. The van der Waals surface area contributed by atoms with Crippen molar-refractivity contribution in [1.82, 2.24) is 10.2 Å².